The monoisotopic (exact) mass is 322 g/mol. The summed E-state index contributed by atoms with van der Waals surface area (Å²) < 4.78 is 0. The lowest BCUT2D eigenvalue weighted by Crippen LogP contribution is -2.39. The lowest BCUT2D eigenvalue weighted by molar-refractivity contribution is 0.0111. The SMILES string of the molecule is C=CCC1CC2(CCC(c3ccc(/C(CC)=N/N=C)cc3)CC2)C1. The first-order chi connectivity index (χ1) is 11.7. The topological polar surface area (TPSA) is 24.7 Å². The van der Waals surface area contributed by atoms with Gasteiger partial charge >= 0.3 is 0 Å². The van der Waals surface area contributed by atoms with Crippen molar-refractivity contribution < 1.29 is 0 Å². The predicted molar refractivity (Wildman–Crippen MR) is 104 cm³/mol. The van der Waals surface area contributed by atoms with Crippen LogP contribution in [0, 0.1) is 11.3 Å². The average Bonchev–Trinajstić information content (AvgIpc) is 2.59. The number of benzene rings is 1. The number of rotatable bonds is 6. The Balaban J connectivity index is 1.58. The summed E-state index contributed by atoms with van der Waals surface area (Å²) in [6.07, 6.45) is 12.6. The Morgan fingerprint density at radius 3 is 2.42 bits per heavy atom. The molecule has 3 rings (SSSR count). The molecule has 0 radical (unpaired) electrons. The van der Waals surface area contributed by atoms with E-state index in [0.717, 1.165) is 24.0 Å². The van der Waals surface area contributed by atoms with Crippen molar-refractivity contribution in [2.75, 3.05) is 0 Å². The van der Waals surface area contributed by atoms with E-state index in [-0.39, 0.29) is 0 Å². The van der Waals surface area contributed by atoms with Crippen molar-refractivity contribution in [3.05, 3.63) is 48.0 Å². The van der Waals surface area contributed by atoms with Crippen molar-refractivity contribution >= 4 is 12.4 Å². The van der Waals surface area contributed by atoms with Crippen LogP contribution in [0.25, 0.3) is 0 Å². The van der Waals surface area contributed by atoms with Crippen LogP contribution in [0.15, 0.2) is 47.1 Å². The molecule has 0 atom stereocenters. The normalized spacial score (nSPS) is 30.0. The van der Waals surface area contributed by atoms with Gasteiger partial charge in [-0.25, -0.2) is 0 Å². The van der Waals surface area contributed by atoms with Gasteiger partial charge in [-0.2, -0.15) is 10.2 Å². The first-order valence-corrected chi connectivity index (χ1v) is 9.43. The lowest BCUT2D eigenvalue weighted by atomic mass is 9.53. The van der Waals surface area contributed by atoms with Crippen LogP contribution in [0.2, 0.25) is 0 Å². The maximum atomic E-state index is 4.14. The Morgan fingerprint density at radius 2 is 1.88 bits per heavy atom. The van der Waals surface area contributed by atoms with Gasteiger partial charge < -0.3 is 0 Å². The van der Waals surface area contributed by atoms with Gasteiger partial charge in [0, 0.05) is 6.72 Å². The molecule has 0 heterocycles. The van der Waals surface area contributed by atoms with Gasteiger partial charge in [0.2, 0.25) is 0 Å². The molecular formula is C22H30N2. The molecule has 0 saturated heterocycles. The molecule has 0 N–H and O–H groups in total. The Morgan fingerprint density at radius 1 is 1.21 bits per heavy atom. The third kappa shape index (κ3) is 3.53. The lowest BCUT2D eigenvalue weighted by Gasteiger charge is -2.52. The molecule has 2 aliphatic carbocycles. The molecule has 0 amide bonds. The Bertz CT molecular complexity index is 595. The third-order valence-corrected chi connectivity index (χ3v) is 6.23. The standard InChI is InChI=1S/C22H30N2/c1-4-6-17-15-22(16-17)13-11-19(12-14-22)18-7-9-20(10-8-18)21(5-2)24-23-3/h4,7-10,17,19H,1,3,5-6,11-16H2,2H3/b24-21+. The first kappa shape index (κ1) is 17.1. The summed E-state index contributed by atoms with van der Waals surface area (Å²) in [5.74, 6) is 1.66. The second-order valence-electron chi connectivity index (χ2n) is 7.74. The largest absolute Gasteiger partial charge is 0.167 e. The molecular weight excluding hydrogens is 292 g/mol. The van der Waals surface area contributed by atoms with Crippen LogP contribution >= 0.6 is 0 Å². The van der Waals surface area contributed by atoms with Gasteiger partial charge in [0.1, 0.15) is 0 Å². The van der Waals surface area contributed by atoms with E-state index in [2.05, 4.69) is 60.8 Å². The average molecular weight is 322 g/mol. The van der Waals surface area contributed by atoms with Crippen LogP contribution in [-0.4, -0.2) is 12.4 Å². The second kappa shape index (κ2) is 7.46. The smallest absolute Gasteiger partial charge is 0.0699 e. The van der Waals surface area contributed by atoms with Crippen LogP contribution in [-0.2, 0) is 0 Å². The van der Waals surface area contributed by atoms with Gasteiger partial charge in [0.15, 0.2) is 0 Å². The van der Waals surface area contributed by atoms with E-state index in [9.17, 15) is 0 Å². The molecule has 1 aromatic carbocycles. The van der Waals surface area contributed by atoms with Gasteiger partial charge in [-0.15, -0.1) is 6.58 Å². The molecule has 2 nitrogen and oxygen atoms in total. The molecule has 0 bridgehead atoms. The van der Waals surface area contributed by atoms with Crippen molar-refractivity contribution in [3.8, 4) is 0 Å². The Labute approximate surface area is 146 Å². The molecule has 2 saturated carbocycles. The molecule has 1 aromatic rings. The van der Waals surface area contributed by atoms with Crippen molar-refractivity contribution in [1.29, 1.82) is 0 Å². The molecule has 0 aromatic heterocycles. The van der Waals surface area contributed by atoms with Gasteiger partial charge in [-0.3, -0.25) is 0 Å². The van der Waals surface area contributed by atoms with Crippen molar-refractivity contribution in [2.45, 2.75) is 64.2 Å². The van der Waals surface area contributed by atoms with E-state index >= 15 is 0 Å². The summed E-state index contributed by atoms with van der Waals surface area (Å²) in [5, 5.41) is 7.82. The minimum atomic E-state index is 0.682. The maximum absolute atomic E-state index is 4.14. The van der Waals surface area contributed by atoms with Crippen LogP contribution in [0.3, 0.4) is 0 Å². The minimum absolute atomic E-state index is 0.682. The highest BCUT2D eigenvalue weighted by atomic mass is 15.2. The van der Waals surface area contributed by atoms with Gasteiger partial charge in [0.05, 0.1) is 5.71 Å². The summed E-state index contributed by atoms with van der Waals surface area (Å²) in [7, 11) is 0. The van der Waals surface area contributed by atoms with Gasteiger partial charge in [-0.05, 0) is 79.7 Å². The van der Waals surface area contributed by atoms with E-state index in [1.807, 2.05) is 0 Å². The molecule has 2 fully saturated rings. The zero-order valence-electron chi connectivity index (χ0n) is 15.0. The van der Waals surface area contributed by atoms with Crippen LogP contribution in [0.5, 0.6) is 0 Å². The van der Waals surface area contributed by atoms with Crippen molar-refractivity contribution in [2.24, 2.45) is 21.5 Å². The molecule has 1 spiro atoms. The van der Waals surface area contributed by atoms with E-state index in [4.69, 9.17) is 0 Å². The van der Waals surface area contributed by atoms with E-state index in [0.29, 0.717) is 5.41 Å². The molecule has 0 aliphatic heterocycles. The zero-order chi connectivity index (χ0) is 17.0. The minimum Gasteiger partial charge on any atom is -0.167 e. The fourth-order valence-corrected chi connectivity index (χ4v) is 4.90. The first-order valence-electron chi connectivity index (χ1n) is 9.43. The summed E-state index contributed by atoms with van der Waals surface area (Å²) in [6, 6.07) is 9.01. The maximum Gasteiger partial charge on any atom is 0.0699 e. The number of hydrogen-bond donors (Lipinski definition) is 0. The Hall–Kier alpha value is -1.70. The number of nitrogens with zero attached hydrogens (tertiary/aromatic N) is 2. The quantitative estimate of drug-likeness (QED) is 0.342. The van der Waals surface area contributed by atoms with Crippen molar-refractivity contribution in [3.63, 3.8) is 0 Å². The highest BCUT2D eigenvalue weighted by molar-refractivity contribution is 6.00. The molecule has 2 aliphatic rings. The summed E-state index contributed by atoms with van der Waals surface area (Å²) in [4.78, 5) is 0. The molecule has 24 heavy (non-hydrogen) atoms. The van der Waals surface area contributed by atoms with Gasteiger partial charge in [0.25, 0.3) is 0 Å². The summed E-state index contributed by atoms with van der Waals surface area (Å²) >= 11 is 0. The van der Waals surface area contributed by atoms with E-state index in [1.165, 1.54) is 56.1 Å². The second-order valence-corrected chi connectivity index (χ2v) is 7.74. The zero-order valence-corrected chi connectivity index (χ0v) is 15.0. The van der Waals surface area contributed by atoms with Gasteiger partial charge in [-0.1, -0.05) is 37.3 Å². The fourth-order valence-electron chi connectivity index (χ4n) is 4.90. The summed E-state index contributed by atoms with van der Waals surface area (Å²) in [6.45, 7) is 9.46. The number of hydrogen-bond acceptors (Lipinski definition) is 2. The molecule has 0 unspecified atom stereocenters. The van der Waals surface area contributed by atoms with Crippen LogP contribution < -0.4 is 0 Å². The van der Waals surface area contributed by atoms with E-state index in [1.54, 1.807) is 0 Å². The third-order valence-electron chi connectivity index (χ3n) is 6.23. The van der Waals surface area contributed by atoms with E-state index < -0.39 is 0 Å². The molecule has 2 heteroatoms. The predicted octanol–water partition coefficient (Wildman–Crippen LogP) is 6.13. The van der Waals surface area contributed by atoms with Crippen LogP contribution in [0.4, 0.5) is 0 Å². The highest BCUT2D eigenvalue weighted by Crippen LogP contribution is 2.57. The summed E-state index contributed by atoms with van der Waals surface area (Å²) in [5.41, 5.74) is 4.37. The van der Waals surface area contributed by atoms with Crippen LogP contribution in [0.1, 0.15) is 75.3 Å². The molecule has 128 valence electrons. The fraction of sp³-hybridized carbons (Fsp3) is 0.545. The highest BCUT2D eigenvalue weighted by Gasteiger charge is 2.45. The van der Waals surface area contributed by atoms with Crippen molar-refractivity contribution in [1.82, 2.24) is 0 Å². The Kier molecular flexibility index (Phi) is 5.33. The number of allylic oxidation sites excluding steroid dienone is 1.